The Hall–Kier alpha value is -2.91. The Balaban J connectivity index is 1.99. The lowest BCUT2D eigenvalue weighted by molar-refractivity contribution is -0.384. The summed E-state index contributed by atoms with van der Waals surface area (Å²) in [6.45, 7) is 1.59. The first-order chi connectivity index (χ1) is 13.3. The maximum absolute atomic E-state index is 12.9. The molecule has 8 nitrogen and oxygen atoms in total. The van der Waals surface area contributed by atoms with Gasteiger partial charge >= 0.3 is 6.03 Å². The van der Waals surface area contributed by atoms with Crippen molar-refractivity contribution < 1.29 is 14.5 Å². The van der Waals surface area contributed by atoms with Crippen molar-refractivity contribution >= 4 is 50.8 Å². The van der Waals surface area contributed by atoms with Gasteiger partial charge in [-0.05, 0) is 42.8 Å². The highest BCUT2D eigenvalue weighted by molar-refractivity contribution is 9.10. The van der Waals surface area contributed by atoms with Crippen LogP contribution in [0.4, 0.5) is 16.2 Å². The molecule has 0 saturated carbocycles. The van der Waals surface area contributed by atoms with Crippen LogP contribution in [-0.2, 0) is 4.79 Å². The highest BCUT2D eigenvalue weighted by atomic mass is 79.9. The molecule has 0 radical (unpaired) electrons. The van der Waals surface area contributed by atoms with E-state index in [1.165, 1.54) is 18.2 Å². The lowest BCUT2D eigenvalue weighted by Crippen LogP contribution is -2.46. The van der Waals surface area contributed by atoms with Crippen molar-refractivity contribution in [3.8, 4) is 0 Å². The zero-order chi connectivity index (χ0) is 20.4. The van der Waals surface area contributed by atoms with Crippen LogP contribution >= 0.6 is 27.5 Å². The molecule has 0 saturated heterocycles. The van der Waals surface area contributed by atoms with Gasteiger partial charge in [0.25, 0.3) is 11.6 Å². The van der Waals surface area contributed by atoms with E-state index < -0.39 is 22.9 Å². The van der Waals surface area contributed by atoms with Crippen LogP contribution in [0.1, 0.15) is 18.5 Å². The molecule has 1 heterocycles. The summed E-state index contributed by atoms with van der Waals surface area (Å²) < 4.78 is 0.860. The van der Waals surface area contributed by atoms with E-state index in [4.69, 9.17) is 11.6 Å². The van der Waals surface area contributed by atoms with Crippen molar-refractivity contribution in [1.82, 2.24) is 10.6 Å². The molecule has 1 atom stereocenters. The van der Waals surface area contributed by atoms with E-state index in [2.05, 4.69) is 31.9 Å². The standard InChI is InChI=1S/C18H14BrClN4O4/c1-9-15(17(25)22-12-5-3-11(19)4-6-12)16(23-18(26)21-9)10-2-7-13(20)14(8-10)24(27)28/h2-8,16H,1H3,(H,22,25)(H2,21,23,26)/t16-/m1/s1. The van der Waals surface area contributed by atoms with Crippen LogP contribution < -0.4 is 16.0 Å². The third-order valence-corrected chi connectivity index (χ3v) is 4.96. The molecule has 0 spiro atoms. The highest BCUT2D eigenvalue weighted by Gasteiger charge is 2.32. The number of anilines is 1. The number of nitro groups is 1. The number of nitrogens with zero attached hydrogens (tertiary/aromatic N) is 1. The number of allylic oxidation sites excluding steroid dienone is 1. The molecule has 1 aliphatic heterocycles. The Bertz CT molecular complexity index is 1010. The summed E-state index contributed by atoms with van der Waals surface area (Å²) in [6.07, 6.45) is 0. The molecule has 2 aromatic carbocycles. The fourth-order valence-corrected chi connectivity index (χ4v) is 3.28. The average molecular weight is 466 g/mol. The van der Waals surface area contributed by atoms with Gasteiger partial charge in [-0.15, -0.1) is 0 Å². The van der Waals surface area contributed by atoms with Gasteiger partial charge < -0.3 is 16.0 Å². The number of nitrogens with one attached hydrogen (secondary N) is 3. The van der Waals surface area contributed by atoms with Gasteiger partial charge in [-0.25, -0.2) is 4.79 Å². The van der Waals surface area contributed by atoms with Crippen LogP contribution in [0, 0.1) is 10.1 Å². The molecule has 3 N–H and O–H groups in total. The molecular formula is C18H14BrClN4O4. The Kier molecular flexibility index (Phi) is 5.66. The zero-order valence-electron chi connectivity index (χ0n) is 14.5. The van der Waals surface area contributed by atoms with Crippen LogP contribution in [-0.4, -0.2) is 16.9 Å². The Morgan fingerprint density at radius 2 is 1.93 bits per heavy atom. The Labute approximate surface area is 173 Å². The lowest BCUT2D eigenvalue weighted by Gasteiger charge is -2.28. The summed E-state index contributed by atoms with van der Waals surface area (Å²) in [4.78, 5) is 35.4. The van der Waals surface area contributed by atoms with Crippen LogP contribution in [0.15, 0.2) is 58.2 Å². The topological polar surface area (TPSA) is 113 Å². The number of rotatable bonds is 4. The van der Waals surface area contributed by atoms with Crippen molar-refractivity contribution in [1.29, 1.82) is 0 Å². The molecule has 1 aliphatic rings. The van der Waals surface area contributed by atoms with Crippen LogP contribution in [0.5, 0.6) is 0 Å². The number of halogens is 2. The average Bonchev–Trinajstić information content (AvgIpc) is 2.63. The molecule has 3 rings (SSSR count). The number of carbonyl (C=O) groups excluding carboxylic acids is 2. The number of benzene rings is 2. The molecule has 3 amide bonds. The highest BCUT2D eigenvalue weighted by Crippen LogP contribution is 2.33. The van der Waals surface area contributed by atoms with E-state index in [1.54, 1.807) is 31.2 Å². The molecule has 28 heavy (non-hydrogen) atoms. The van der Waals surface area contributed by atoms with E-state index >= 15 is 0 Å². The minimum atomic E-state index is -0.875. The SMILES string of the molecule is CC1=C(C(=O)Nc2ccc(Br)cc2)[C@@H](c2ccc(Cl)c([N+](=O)[O-])c2)NC(=O)N1. The molecule has 0 aromatic heterocycles. The predicted molar refractivity (Wildman–Crippen MR) is 108 cm³/mol. The number of carbonyl (C=O) groups is 2. The number of amides is 3. The summed E-state index contributed by atoms with van der Waals surface area (Å²) in [6, 6.07) is 9.74. The quantitative estimate of drug-likeness (QED) is 0.462. The van der Waals surface area contributed by atoms with Gasteiger partial charge in [0.05, 0.1) is 16.5 Å². The van der Waals surface area contributed by atoms with Gasteiger partial charge in [0, 0.05) is 21.9 Å². The minimum Gasteiger partial charge on any atom is -0.327 e. The first-order valence-corrected chi connectivity index (χ1v) is 9.22. The maximum atomic E-state index is 12.9. The van der Waals surface area contributed by atoms with Crippen molar-refractivity contribution in [2.75, 3.05) is 5.32 Å². The van der Waals surface area contributed by atoms with Crippen molar-refractivity contribution in [3.63, 3.8) is 0 Å². The molecule has 2 aromatic rings. The maximum Gasteiger partial charge on any atom is 0.319 e. The second kappa shape index (κ2) is 7.99. The van der Waals surface area contributed by atoms with Gasteiger partial charge in [-0.2, -0.15) is 0 Å². The lowest BCUT2D eigenvalue weighted by atomic mass is 9.94. The second-order valence-corrected chi connectivity index (χ2v) is 7.32. The van der Waals surface area contributed by atoms with Crippen LogP contribution in [0.3, 0.4) is 0 Å². The Morgan fingerprint density at radius 3 is 2.57 bits per heavy atom. The summed E-state index contributed by atoms with van der Waals surface area (Å²) in [7, 11) is 0. The molecule has 0 unspecified atom stereocenters. The molecule has 0 bridgehead atoms. The van der Waals surface area contributed by atoms with Gasteiger partial charge in [-0.3, -0.25) is 14.9 Å². The fourth-order valence-electron chi connectivity index (χ4n) is 2.83. The summed E-state index contributed by atoms with van der Waals surface area (Å²) >= 11 is 9.19. The van der Waals surface area contributed by atoms with Gasteiger partial charge in [0.2, 0.25) is 0 Å². The number of nitro benzene ring substituents is 1. The van der Waals surface area contributed by atoms with Crippen LogP contribution in [0.2, 0.25) is 5.02 Å². The third-order valence-electron chi connectivity index (χ3n) is 4.12. The number of hydrogen-bond acceptors (Lipinski definition) is 4. The van der Waals surface area contributed by atoms with E-state index in [9.17, 15) is 19.7 Å². The van der Waals surface area contributed by atoms with E-state index in [1.807, 2.05) is 0 Å². The summed E-state index contributed by atoms with van der Waals surface area (Å²) in [5, 5.41) is 19.1. The predicted octanol–water partition coefficient (Wildman–Crippen LogP) is 4.28. The summed E-state index contributed by atoms with van der Waals surface area (Å²) in [5.74, 6) is -0.449. The van der Waals surface area contributed by atoms with E-state index in [0.29, 0.717) is 16.9 Å². The number of urea groups is 1. The first kappa shape index (κ1) is 19.8. The van der Waals surface area contributed by atoms with Crippen LogP contribution in [0.25, 0.3) is 0 Å². The van der Waals surface area contributed by atoms with E-state index in [-0.39, 0.29) is 16.3 Å². The largest absolute Gasteiger partial charge is 0.327 e. The summed E-state index contributed by atoms with van der Waals surface area (Å²) in [5.41, 5.74) is 1.20. The van der Waals surface area contributed by atoms with Gasteiger partial charge in [0.15, 0.2) is 0 Å². The zero-order valence-corrected chi connectivity index (χ0v) is 16.8. The van der Waals surface area contributed by atoms with Crippen molar-refractivity contribution in [2.45, 2.75) is 13.0 Å². The monoisotopic (exact) mass is 464 g/mol. The van der Waals surface area contributed by atoms with E-state index in [0.717, 1.165) is 4.47 Å². The van der Waals surface area contributed by atoms with Crippen molar-refractivity contribution in [3.05, 3.63) is 78.9 Å². The normalized spacial score (nSPS) is 16.2. The smallest absolute Gasteiger partial charge is 0.319 e. The van der Waals surface area contributed by atoms with Gasteiger partial charge in [-0.1, -0.05) is 33.6 Å². The van der Waals surface area contributed by atoms with Crippen molar-refractivity contribution in [2.24, 2.45) is 0 Å². The Morgan fingerprint density at radius 1 is 1.25 bits per heavy atom. The molecule has 0 aliphatic carbocycles. The molecule has 10 heteroatoms. The third kappa shape index (κ3) is 4.15. The fraction of sp³-hybridized carbons (Fsp3) is 0.111. The first-order valence-electron chi connectivity index (χ1n) is 8.05. The minimum absolute atomic E-state index is 0.0319. The second-order valence-electron chi connectivity index (χ2n) is 6.00. The molecule has 0 fully saturated rings. The van der Waals surface area contributed by atoms with Gasteiger partial charge in [0.1, 0.15) is 5.02 Å². The number of hydrogen-bond donors (Lipinski definition) is 3. The molecular weight excluding hydrogens is 452 g/mol. The molecule has 144 valence electrons.